The van der Waals surface area contributed by atoms with Crippen LogP contribution >= 0.6 is 0 Å². The molecule has 0 atom stereocenters. The van der Waals surface area contributed by atoms with Crippen molar-refractivity contribution in [1.29, 1.82) is 0 Å². The van der Waals surface area contributed by atoms with E-state index in [-0.39, 0.29) is 0 Å². The highest BCUT2D eigenvalue weighted by Crippen LogP contribution is 2.21. The average molecular weight is 294 g/mol. The lowest BCUT2D eigenvalue weighted by Gasteiger charge is -2.16. The van der Waals surface area contributed by atoms with Gasteiger partial charge in [0.1, 0.15) is 0 Å². The zero-order valence-corrected chi connectivity index (χ0v) is 14.4. The molecule has 2 heteroatoms. The topological polar surface area (TPSA) is 15.6 Å². The zero-order valence-electron chi connectivity index (χ0n) is 14.4. The van der Waals surface area contributed by atoms with Crippen LogP contribution in [0.5, 0.6) is 0 Å². The van der Waals surface area contributed by atoms with Crippen molar-refractivity contribution in [1.82, 2.24) is 4.90 Å². The van der Waals surface area contributed by atoms with E-state index in [4.69, 9.17) is 0 Å². The van der Waals surface area contributed by atoms with Crippen molar-refractivity contribution < 1.29 is 0 Å². The molecule has 0 amide bonds. The molecule has 0 aliphatic carbocycles. The Hall–Kier alpha value is -2.35. The molecule has 0 heterocycles. The molecule has 1 aromatic rings. The van der Waals surface area contributed by atoms with Gasteiger partial charge < -0.3 is 4.90 Å². The summed E-state index contributed by atoms with van der Waals surface area (Å²) in [6.45, 7) is 14.2. The summed E-state index contributed by atoms with van der Waals surface area (Å²) in [5.41, 5.74) is 6.04. The molecule has 0 radical (unpaired) electrons. The van der Waals surface area contributed by atoms with Crippen molar-refractivity contribution in [2.24, 2.45) is 4.99 Å². The quantitative estimate of drug-likeness (QED) is 0.522. The molecular weight excluding hydrogens is 268 g/mol. The van der Waals surface area contributed by atoms with Crippen LogP contribution in [0, 0.1) is 0 Å². The van der Waals surface area contributed by atoms with Crippen molar-refractivity contribution >= 4 is 17.0 Å². The normalized spacial score (nSPS) is 12.6. The van der Waals surface area contributed by atoms with Crippen molar-refractivity contribution in [3.05, 3.63) is 72.5 Å². The van der Waals surface area contributed by atoms with Crippen LogP contribution in [-0.2, 0) is 0 Å². The van der Waals surface area contributed by atoms with E-state index in [1.54, 1.807) is 0 Å². The predicted molar refractivity (Wildman–Crippen MR) is 99.9 cm³/mol. The van der Waals surface area contributed by atoms with E-state index in [0.717, 1.165) is 33.8 Å². The molecule has 1 rings (SSSR count). The molecule has 0 saturated carbocycles. The fourth-order valence-electron chi connectivity index (χ4n) is 2.08. The summed E-state index contributed by atoms with van der Waals surface area (Å²) in [4.78, 5) is 6.53. The van der Waals surface area contributed by atoms with Crippen LogP contribution in [0.3, 0.4) is 0 Å². The predicted octanol–water partition coefficient (Wildman–Crippen LogP) is 5.17. The molecule has 0 aromatic heterocycles. The number of hydrogen-bond donors (Lipinski definition) is 0. The fraction of sp³-hybridized carbons (Fsp3) is 0.250. The summed E-state index contributed by atoms with van der Waals surface area (Å²) in [6.07, 6.45) is 5.98. The maximum Gasteiger partial charge on any atom is 0.0381 e. The highest BCUT2D eigenvalue weighted by atomic mass is 15.1. The van der Waals surface area contributed by atoms with Gasteiger partial charge in [0, 0.05) is 31.2 Å². The molecule has 2 nitrogen and oxygen atoms in total. The van der Waals surface area contributed by atoms with Gasteiger partial charge in [-0.2, -0.15) is 0 Å². The summed E-state index contributed by atoms with van der Waals surface area (Å²) >= 11 is 0. The van der Waals surface area contributed by atoms with Crippen LogP contribution in [0.1, 0.15) is 31.9 Å². The van der Waals surface area contributed by atoms with Crippen LogP contribution in [0.2, 0.25) is 0 Å². The van der Waals surface area contributed by atoms with Crippen molar-refractivity contribution in [3.8, 4) is 0 Å². The smallest absolute Gasteiger partial charge is 0.0381 e. The lowest BCUT2D eigenvalue weighted by Crippen LogP contribution is -2.08. The van der Waals surface area contributed by atoms with Gasteiger partial charge in [0.15, 0.2) is 0 Å². The first-order valence-corrected chi connectivity index (χ1v) is 7.37. The summed E-state index contributed by atoms with van der Waals surface area (Å²) in [6, 6.07) is 8.25. The summed E-state index contributed by atoms with van der Waals surface area (Å²) in [7, 11) is 3.99. The molecule has 0 saturated heterocycles. The Morgan fingerprint density at radius 1 is 1.14 bits per heavy atom. The zero-order chi connectivity index (χ0) is 16.7. The van der Waals surface area contributed by atoms with E-state index in [1.165, 1.54) is 0 Å². The highest BCUT2D eigenvalue weighted by molar-refractivity contribution is 5.93. The first kappa shape index (κ1) is 17.7. The Morgan fingerprint density at radius 2 is 1.77 bits per heavy atom. The Morgan fingerprint density at radius 3 is 2.36 bits per heavy atom. The standard InChI is InChI=1S/C20H26N2/c1-8-10-16(3)21-17(4)13-15(2)19-11-9-12-20(14-19)18(5)22(6)7/h8-14H,2,5H2,1,3-4,6-7H3/b10-8-,17-13+,21-16-. The van der Waals surface area contributed by atoms with E-state index < -0.39 is 0 Å². The lowest BCUT2D eigenvalue weighted by molar-refractivity contribution is 0.593. The monoisotopic (exact) mass is 294 g/mol. The SMILES string of the molecule is C=C(/C=C(C)/N=C(C)\C=C/C)c1cccc(C(=C)N(C)C)c1. The number of rotatable bonds is 6. The average Bonchev–Trinajstić information content (AvgIpc) is 2.46. The van der Waals surface area contributed by atoms with Crippen molar-refractivity contribution in [2.45, 2.75) is 20.8 Å². The molecule has 0 aliphatic heterocycles. The van der Waals surface area contributed by atoms with Gasteiger partial charge in [-0.1, -0.05) is 37.4 Å². The number of aliphatic imine (C=N–C) groups is 1. The fourth-order valence-corrected chi connectivity index (χ4v) is 2.08. The molecule has 0 unspecified atom stereocenters. The number of allylic oxidation sites excluding steroid dienone is 5. The minimum atomic E-state index is 0.942. The highest BCUT2D eigenvalue weighted by Gasteiger charge is 2.03. The van der Waals surface area contributed by atoms with Crippen LogP contribution in [0.25, 0.3) is 11.3 Å². The van der Waals surface area contributed by atoms with Gasteiger partial charge in [0.05, 0.1) is 0 Å². The van der Waals surface area contributed by atoms with Gasteiger partial charge >= 0.3 is 0 Å². The van der Waals surface area contributed by atoms with Gasteiger partial charge in [0.25, 0.3) is 0 Å². The third-order valence-corrected chi connectivity index (χ3v) is 3.25. The van der Waals surface area contributed by atoms with Crippen molar-refractivity contribution in [3.63, 3.8) is 0 Å². The molecule has 0 spiro atoms. The number of nitrogens with zero attached hydrogens (tertiary/aromatic N) is 2. The molecular formula is C20H26N2. The van der Waals surface area contributed by atoms with E-state index in [1.807, 2.05) is 64.1 Å². The minimum Gasteiger partial charge on any atom is -0.378 e. The molecule has 0 bridgehead atoms. The van der Waals surface area contributed by atoms with Crippen molar-refractivity contribution in [2.75, 3.05) is 14.1 Å². The molecule has 22 heavy (non-hydrogen) atoms. The minimum absolute atomic E-state index is 0.942. The van der Waals surface area contributed by atoms with Gasteiger partial charge in [0.2, 0.25) is 0 Å². The number of benzene rings is 1. The maximum atomic E-state index is 4.52. The van der Waals surface area contributed by atoms with Crippen LogP contribution in [0.15, 0.2) is 66.3 Å². The molecule has 116 valence electrons. The first-order chi connectivity index (χ1) is 10.3. The Kier molecular flexibility index (Phi) is 6.58. The van der Waals surface area contributed by atoms with E-state index in [2.05, 4.69) is 36.3 Å². The number of hydrogen-bond acceptors (Lipinski definition) is 2. The van der Waals surface area contributed by atoms with E-state index in [0.29, 0.717) is 0 Å². The Bertz CT molecular complexity index is 643. The van der Waals surface area contributed by atoms with E-state index in [9.17, 15) is 0 Å². The molecule has 0 aliphatic rings. The summed E-state index contributed by atoms with van der Waals surface area (Å²) < 4.78 is 0. The van der Waals surface area contributed by atoms with Crippen LogP contribution in [0.4, 0.5) is 0 Å². The largest absolute Gasteiger partial charge is 0.378 e. The summed E-state index contributed by atoms with van der Waals surface area (Å²) in [5.74, 6) is 0. The lowest BCUT2D eigenvalue weighted by atomic mass is 10.0. The molecule has 0 fully saturated rings. The summed E-state index contributed by atoms with van der Waals surface area (Å²) in [5, 5.41) is 0. The third kappa shape index (κ3) is 5.21. The molecule has 1 aromatic carbocycles. The van der Waals surface area contributed by atoms with Gasteiger partial charge in [-0.25, -0.2) is 0 Å². The van der Waals surface area contributed by atoms with E-state index >= 15 is 0 Å². The Labute approximate surface area is 134 Å². The van der Waals surface area contributed by atoms with Crippen LogP contribution in [-0.4, -0.2) is 24.7 Å². The van der Waals surface area contributed by atoms with Gasteiger partial charge in [-0.05, 0) is 55.7 Å². The van der Waals surface area contributed by atoms with Gasteiger partial charge in [-0.3, -0.25) is 4.99 Å². The van der Waals surface area contributed by atoms with Gasteiger partial charge in [-0.15, -0.1) is 0 Å². The van der Waals surface area contributed by atoms with Crippen LogP contribution < -0.4 is 0 Å². The molecule has 0 N–H and O–H groups in total. The second-order valence-corrected chi connectivity index (χ2v) is 5.49. The third-order valence-electron chi connectivity index (χ3n) is 3.25. The second kappa shape index (κ2) is 8.18. The maximum absolute atomic E-state index is 4.52. The first-order valence-electron chi connectivity index (χ1n) is 7.37. The second-order valence-electron chi connectivity index (χ2n) is 5.49. The Balaban J connectivity index is 3.02.